The molecule has 0 aromatic rings. The Hall–Kier alpha value is -0.570. The van der Waals surface area contributed by atoms with Gasteiger partial charge in [0.1, 0.15) is 0 Å². The molecule has 14 heavy (non-hydrogen) atoms. The van der Waals surface area contributed by atoms with Gasteiger partial charge >= 0.3 is 0 Å². The van der Waals surface area contributed by atoms with Crippen LogP contribution in [0.3, 0.4) is 0 Å². The molecule has 0 saturated heterocycles. The van der Waals surface area contributed by atoms with Crippen molar-refractivity contribution in [2.75, 3.05) is 13.1 Å². The zero-order chi connectivity index (χ0) is 10.6. The van der Waals surface area contributed by atoms with Crippen molar-refractivity contribution in [3.63, 3.8) is 0 Å². The van der Waals surface area contributed by atoms with Crippen molar-refractivity contribution in [2.24, 2.45) is 5.41 Å². The van der Waals surface area contributed by atoms with Gasteiger partial charge in [0.05, 0.1) is 0 Å². The van der Waals surface area contributed by atoms with E-state index < -0.39 is 0 Å². The topological polar surface area (TPSA) is 41.1 Å². The molecule has 0 atom stereocenters. The van der Waals surface area contributed by atoms with E-state index in [1.165, 1.54) is 12.8 Å². The van der Waals surface area contributed by atoms with Gasteiger partial charge in [-0.3, -0.25) is 4.79 Å². The first-order chi connectivity index (χ1) is 6.52. The highest BCUT2D eigenvalue weighted by Crippen LogP contribution is 2.43. The molecule has 0 unspecified atom stereocenters. The molecule has 1 rings (SSSR count). The number of carbonyl (C=O) groups is 1. The lowest BCUT2D eigenvalue weighted by molar-refractivity contribution is -0.121. The van der Waals surface area contributed by atoms with E-state index in [1.54, 1.807) is 0 Å². The minimum absolute atomic E-state index is 0.172. The van der Waals surface area contributed by atoms with Crippen molar-refractivity contribution in [2.45, 2.75) is 46.1 Å². The maximum atomic E-state index is 11.3. The molecule has 0 radical (unpaired) electrons. The fourth-order valence-electron chi connectivity index (χ4n) is 1.26. The van der Waals surface area contributed by atoms with Crippen molar-refractivity contribution in [3.8, 4) is 0 Å². The van der Waals surface area contributed by atoms with Gasteiger partial charge in [-0.15, -0.1) is 0 Å². The Morgan fingerprint density at radius 2 is 2.07 bits per heavy atom. The normalized spacial score (nSPS) is 18.3. The van der Waals surface area contributed by atoms with Gasteiger partial charge in [-0.05, 0) is 18.3 Å². The van der Waals surface area contributed by atoms with E-state index in [1.807, 2.05) is 0 Å². The average molecular weight is 198 g/mol. The van der Waals surface area contributed by atoms with Gasteiger partial charge in [0.15, 0.2) is 0 Å². The molecule has 0 aromatic heterocycles. The third-order valence-electron chi connectivity index (χ3n) is 2.72. The van der Waals surface area contributed by atoms with Crippen molar-refractivity contribution < 1.29 is 4.79 Å². The Labute approximate surface area is 86.6 Å². The molecule has 3 heteroatoms. The third-order valence-corrected chi connectivity index (χ3v) is 2.72. The molecular weight excluding hydrogens is 176 g/mol. The number of carbonyl (C=O) groups excluding carboxylic acids is 1. The molecule has 1 aliphatic rings. The number of rotatable bonds is 6. The van der Waals surface area contributed by atoms with Crippen molar-refractivity contribution in [1.29, 1.82) is 0 Å². The summed E-state index contributed by atoms with van der Waals surface area (Å²) in [6.07, 6.45) is 3.11. The zero-order valence-electron chi connectivity index (χ0n) is 9.52. The summed E-state index contributed by atoms with van der Waals surface area (Å²) < 4.78 is 0. The number of nitrogens with one attached hydrogen (secondary N) is 2. The van der Waals surface area contributed by atoms with Crippen LogP contribution in [0.4, 0.5) is 0 Å². The summed E-state index contributed by atoms with van der Waals surface area (Å²) in [7, 11) is 0. The van der Waals surface area contributed by atoms with Crippen LogP contribution < -0.4 is 10.6 Å². The Morgan fingerprint density at radius 3 is 2.57 bits per heavy atom. The van der Waals surface area contributed by atoms with E-state index in [0.717, 1.165) is 13.1 Å². The van der Waals surface area contributed by atoms with E-state index in [4.69, 9.17) is 0 Å². The van der Waals surface area contributed by atoms with Crippen LogP contribution in [0.1, 0.15) is 40.0 Å². The Balaban J connectivity index is 1.99. The van der Waals surface area contributed by atoms with Gasteiger partial charge in [0, 0.05) is 25.6 Å². The summed E-state index contributed by atoms with van der Waals surface area (Å²) in [6, 6.07) is 0.462. The summed E-state index contributed by atoms with van der Waals surface area (Å²) in [5.74, 6) is 0.172. The van der Waals surface area contributed by atoms with E-state index in [0.29, 0.717) is 17.9 Å². The molecule has 0 aliphatic heterocycles. The third kappa shape index (κ3) is 4.61. The highest BCUT2D eigenvalue weighted by Gasteiger charge is 2.37. The second-order valence-electron chi connectivity index (χ2n) is 4.95. The number of hydrogen-bond acceptors (Lipinski definition) is 2. The smallest absolute Gasteiger partial charge is 0.221 e. The van der Waals surface area contributed by atoms with Crippen molar-refractivity contribution in [3.05, 3.63) is 0 Å². The first-order valence-corrected chi connectivity index (χ1v) is 5.52. The van der Waals surface area contributed by atoms with Crippen LogP contribution in [-0.4, -0.2) is 25.0 Å². The van der Waals surface area contributed by atoms with Crippen LogP contribution in [0, 0.1) is 5.41 Å². The van der Waals surface area contributed by atoms with Crippen LogP contribution in [0.5, 0.6) is 0 Å². The molecule has 1 aliphatic carbocycles. The molecule has 0 spiro atoms. The highest BCUT2D eigenvalue weighted by molar-refractivity contribution is 5.76. The molecule has 3 nitrogen and oxygen atoms in total. The minimum atomic E-state index is 0.172. The lowest BCUT2D eigenvalue weighted by atomic mass is 10.1. The van der Waals surface area contributed by atoms with E-state index in [-0.39, 0.29) is 5.91 Å². The predicted octanol–water partition coefficient (Wildman–Crippen LogP) is 1.29. The average Bonchev–Trinajstić information content (AvgIpc) is 2.81. The molecule has 82 valence electrons. The van der Waals surface area contributed by atoms with Gasteiger partial charge < -0.3 is 10.6 Å². The molecule has 1 saturated carbocycles. The Morgan fingerprint density at radius 1 is 1.43 bits per heavy atom. The second-order valence-corrected chi connectivity index (χ2v) is 4.95. The quantitative estimate of drug-likeness (QED) is 0.675. The minimum Gasteiger partial charge on any atom is -0.356 e. The summed E-state index contributed by atoms with van der Waals surface area (Å²) in [4.78, 5) is 11.3. The molecule has 1 amide bonds. The van der Waals surface area contributed by atoms with Crippen molar-refractivity contribution in [1.82, 2.24) is 10.6 Å². The second kappa shape index (κ2) is 4.78. The molecular formula is C11H22N2O. The summed E-state index contributed by atoms with van der Waals surface area (Å²) in [5.41, 5.74) is 0.418. The summed E-state index contributed by atoms with van der Waals surface area (Å²) in [5, 5.41) is 6.21. The van der Waals surface area contributed by atoms with Crippen LogP contribution in [0.15, 0.2) is 0 Å². The van der Waals surface area contributed by atoms with Gasteiger partial charge in [0.25, 0.3) is 0 Å². The summed E-state index contributed by atoms with van der Waals surface area (Å²) in [6.45, 7) is 8.03. The van der Waals surface area contributed by atoms with Crippen LogP contribution in [0.2, 0.25) is 0 Å². The fraction of sp³-hybridized carbons (Fsp3) is 0.909. The van der Waals surface area contributed by atoms with Crippen LogP contribution >= 0.6 is 0 Å². The monoisotopic (exact) mass is 198 g/mol. The highest BCUT2D eigenvalue weighted by atomic mass is 16.1. The van der Waals surface area contributed by atoms with Gasteiger partial charge in [-0.2, -0.15) is 0 Å². The first kappa shape index (κ1) is 11.5. The lowest BCUT2D eigenvalue weighted by Gasteiger charge is -2.11. The van der Waals surface area contributed by atoms with E-state index in [2.05, 4.69) is 31.4 Å². The van der Waals surface area contributed by atoms with Crippen LogP contribution in [-0.2, 0) is 4.79 Å². The summed E-state index contributed by atoms with van der Waals surface area (Å²) >= 11 is 0. The number of amides is 1. The largest absolute Gasteiger partial charge is 0.356 e. The fourth-order valence-corrected chi connectivity index (χ4v) is 1.26. The molecule has 2 N–H and O–H groups in total. The van der Waals surface area contributed by atoms with Gasteiger partial charge in [-0.25, -0.2) is 0 Å². The maximum absolute atomic E-state index is 11.3. The lowest BCUT2D eigenvalue weighted by Crippen LogP contribution is -2.33. The van der Waals surface area contributed by atoms with E-state index in [9.17, 15) is 4.79 Å². The van der Waals surface area contributed by atoms with Gasteiger partial charge in [0.2, 0.25) is 5.91 Å². The SMILES string of the molecule is CC(C)NCCC(=O)NCC1(C)CC1. The van der Waals surface area contributed by atoms with Gasteiger partial charge in [-0.1, -0.05) is 20.8 Å². The molecule has 0 aromatic carbocycles. The first-order valence-electron chi connectivity index (χ1n) is 5.52. The van der Waals surface area contributed by atoms with E-state index >= 15 is 0 Å². The zero-order valence-corrected chi connectivity index (χ0v) is 9.52. The predicted molar refractivity (Wildman–Crippen MR) is 58.1 cm³/mol. The Bertz CT molecular complexity index is 197. The van der Waals surface area contributed by atoms with Crippen LogP contribution in [0.25, 0.3) is 0 Å². The van der Waals surface area contributed by atoms with Crippen molar-refractivity contribution >= 4 is 5.91 Å². The maximum Gasteiger partial charge on any atom is 0.221 e. The molecule has 0 heterocycles. The standard InChI is InChI=1S/C11H22N2O/c1-9(2)12-7-4-10(14)13-8-11(3)5-6-11/h9,12H,4-8H2,1-3H3,(H,13,14). The molecule has 1 fully saturated rings. The Kier molecular flexibility index (Phi) is 3.93. The molecule has 0 bridgehead atoms. The number of hydrogen-bond donors (Lipinski definition) is 2.